The number of benzene rings is 3. The number of ketones is 2. The van der Waals surface area contributed by atoms with Gasteiger partial charge in [0, 0.05) is 16.7 Å². The van der Waals surface area contributed by atoms with E-state index in [1.807, 2.05) is 0 Å². The minimum absolute atomic E-state index is 0.0804. The van der Waals surface area contributed by atoms with Gasteiger partial charge in [0.15, 0.2) is 23.1 Å². The summed E-state index contributed by atoms with van der Waals surface area (Å²) in [5.74, 6) is -2.93. The molecule has 0 saturated heterocycles. The van der Waals surface area contributed by atoms with E-state index >= 15 is 0 Å². The molecule has 0 aliphatic heterocycles. The zero-order valence-corrected chi connectivity index (χ0v) is 14.1. The number of aromatic hydroxyl groups is 2. The number of fused-ring (bicyclic) bond motifs is 2. The molecule has 0 unspecified atom stereocenters. The number of hydrogen-bond donors (Lipinski definition) is 2. The van der Waals surface area contributed by atoms with Crippen LogP contribution in [0.2, 0.25) is 0 Å². The molecule has 0 heterocycles. The number of halogens is 1. The first kappa shape index (κ1) is 16.8. The van der Waals surface area contributed by atoms with Crippen LogP contribution in [0.5, 0.6) is 17.2 Å². The molecular formula is C21H13FO5. The van der Waals surface area contributed by atoms with Crippen LogP contribution in [0.4, 0.5) is 4.39 Å². The molecule has 0 saturated carbocycles. The molecule has 134 valence electrons. The normalized spacial score (nSPS) is 12.5. The van der Waals surface area contributed by atoms with Gasteiger partial charge in [0.2, 0.25) is 0 Å². The third kappa shape index (κ3) is 2.38. The van der Waals surface area contributed by atoms with Gasteiger partial charge in [-0.1, -0.05) is 12.1 Å². The molecule has 0 atom stereocenters. The predicted octanol–water partition coefficient (Wildman–Crippen LogP) is 3.69. The predicted molar refractivity (Wildman–Crippen MR) is 95.0 cm³/mol. The van der Waals surface area contributed by atoms with Gasteiger partial charge in [-0.05, 0) is 42.0 Å². The van der Waals surface area contributed by atoms with Crippen LogP contribution in [-0.2, 0) is 0 Å². The van der Waals surface area contributed by atoms with Crippen molar-refractivity contribution in [1.29, 1.82) is 0 Å². The smallest absolute Gasteiger partial charge is 0.198 e. The van der Waals surface area contributed by atoms with Crippen molar-refractivity contribution in [1.82, 2.24) is 0 Å². The van der Waals surface area contributed by atoms with Crippen molar-refractivity contribution in [2.24, 2.45) is 0 Å². The monoisotopic (exact) mass is 364 g/mol. The molecule has 27 heavy (non-hydrogen) atoms. The van der Waals surface area contributed by atoms with Gasteiger partial charge in [0.25, 0.3) is 0 Å². The maximum Gasteiger partial charge on any atom is 0.198 e. The van der Waals surface area contributed by atoms with Crippen LogP contribution in [0.15, 0.2) is 48.5 Å². The van der Waals surface area contributed by atoms with Crippen molar-refractivity contribution in [2.75, 3.05) is 7.11 Å². The molecule has 0 spiro atoms. The van der Waals surface area contributed by atoms with Crippen LogP contribution in [0, 0.1) is 5.82 Å². The Balaban J connectivity index is 1.91. The van der Waals surface area contributed by atoms with Crippen LogP contribution in [0.25, 0.3) is 11.1 Å². The molecule has 0 fully saturated rings. The first-order chi connectivity index (χ1) is 12.9. The molecule has 0 amide bonds. The van der Waals surface area contributed by atoms with Crippen LogP contribution in [-0.4, -0.2) is 28.9 Å². The minimum Gasteiger partial charge on any atom is -0.507 e. The summed E-state index contributed by atoms with van der Waals surface area (Å²) in [7, 11) is 1.53. The number of carbonyl (C=O) groups excluding carboxylic acids is 2. The lowest BCUT2D eigenvalue weighted by atomic mass is 9.81. The Kier molecular flexibility index (Phi) is 3.70. The van der Waals surface area contributed by atoms with Gasteiger partial charge in [-0.3, -0.25) is 9.59 Å². The Morgan fingerprint density at radius 1 is 0.741 bits per heavy atom. The van der Waals surface area contributed by atoms with E-state index in [1.165, 1.54) is 19.2 Å². The van der Waals surface area contributed by atoms with Gasteiger partial charge < -0.3 is 14.9 Å². The van der Waals surface area contributed by atoms with E-state index in [1.54, 1.807) is 24.3 Å². The summed E-state index contributed by atoms with van der Waals surface area (Å²) >= 11 is 0. The quantitative estimate of drug-likeness (QED) is 0.567. The highest BCUT2D eigenvalue weighted by Gasteiger charge is 2.36. The van der Waals surface area contributed by atoms with E-state index in [0.717, 1.165) is 12.1 Å². The van der Waals surface area contributed by atoms with E-state index < -0.39 is 23.1 Å². The number of phenolic OH excluding ortho intramolecular Hbond substituents is 2. The molecular weight excluding hydrogens is 351 g/mol. The fraction of sp³-hybridized carbons (Fsp3) is 0.0476. The zero-order chi connectivity index (χ0) is 19.3. The largest absolute Gasteiger partial charge is 0.507 e. The minimum atomic E-state index is -0.988. The molecule has 1 aliphatic carbocycles. The summed E-state index contributed by atoms with van der Waals surface area (Å²) in [5, 5.41) is 20.6. The third-order valence-electron chi connectivity index (χ3n) is 4.65. The van der Waals surface area contributed by atoms with Gasteiger partial charge in [0.1, 0.15) is 11.5 Å². The molecule has 0 radical (unpaired) electrons. The summed E-state index contributed by atoms with van der Waals surface area (Å²) in [5.41, 5.74) is 0.226. The second-order valence-corrected chi connectivity index (χ2v) is 6.09. The average molecular weight is 364 g/mol. The van der Waals surface area contributed by atoms with Crippen LogP contribution < -0.4 is 4.74 Å². The second-order valence-electron chi connectivity index (χ2n) is 6.09. The molecule has 5 nitrogen and oxygen atoms in total. The van der Waals surface area contributed by atoms with E-state index in [9.17, 15) is 24.2 Å². The number of phenols is 2. The lowest BCUT2D eigenvalue weighted by Crippen LogP contribution is -2.21. The van der Waals surface area contributed by atoms with Crippen LogP contribution in [0.1, 0.15) is 31.8 Å². The van der Waals surface area contributed by atoms with Crippen LogP contribution in [0.3, 0.4) is 0 Å². The molecule has 3 aromatic rings. The topological polar surface area (TPSA) is 83.8 Å². The first-order valence-corrected chi connectivity index (χ1v) is 8.05. The maximum atomic E-state index is 13.6. The van der Waals surface area contributed by atoms with Gasteiger partial charge in [-0.25, -0.2) is 4.39 Å². The summed E-state index contributed by atoms with van der Waals surface area (Å²) < 4.78 is 18.7. The van der Waals surface area contributed by atoms with E-state index in [-0.39, 0.29) is 28.0 Å². The molecule has 6 heteroatoms. The number of hydrogen-bond acceptors (Lipinski definition) is 5. The third-order valence-corrected chi connectivity index (χ3v) is 4.65. The standard InChI is InChI=1S/C21H13FO5/c1-27-11-4-2-10(3-5-11)12-6-7-13-16(18(12)23)19(24)14-8-9-15(22)21(26)17(14)20(13)25/h2-9,23,26H,1H3. The van der Waals surface area contributed by atoms with Gasteiger partial charge in [-0.15, -0.1) is 0 Å². The molecule has 0 bridgehead atoms. The Morgan fingerprint density at radius 3 is 1.85 bits per heavy atom. The van der Waals surface area contributed by atoms with Crippen molar-refractivity contribution in [3.05, 3.63) is 76.6 Å². The highest BCUT2D eigenvalue weighted by atomic mass is 19.1. The molecule has 3 aromatic carbocycles. The molecule has 1 aliphatic rings. The van der Waals surface area contributed by atoms with Crippen molar-refractivity contribution in [3.8, 4) is 28.4 Å². The molecule has 0 aromatic heterocycles. The lowest BCUT2D eigenvalue weighted by molar-refractivity contribution is 0.0973. The van der Waals surface area contributed by atoms with E-state index in [2.05, 4.69) is 0 Å². The Morgan fingerprint density at radius 2 is 1.26 bits per heavy atom. The number of methoxy groups -OCH3 is 1. The van der Waals surface area contributed by atoms with Gasteiger partial charge >= 0.3 is 0 Å². The summed E-state index contributed by atoms with van der Waals surface area (Å²) in [6, 6.07) is 11.8. The van der Waals surface area contributed by atoms with Crippen LogP contribution >= 0.6 is 0 Å². The lowest BCUT2D eigenvalue weighted by Gasteiger charge is -2.21. The Bertz CT molecular complexity index is 1120. The van der Waals surface area contributed by atoms with E-state index in [4.69, 9.17) is 4.74 Å². The number of rotatable bonds is 2. The van der Waals surface area contributed by atoms with E-state index in [0.29, 0.717) is 16.9 Å². The summed E-state index contributed by atoms with van der Waals surface area (Å²) in [6.45, 7) is 0. The molecule has 4 rings (SSSR count). The fourth-order valence-corrected chi connectivity index (χ4v) is 3.27. The highest BCUT2D eigenvalue weighted by molar-refractivity contribution is 6.30. The van der Waals surface area contributed by atoms with Gasteiger partial charge in [-0.2, -0.15) is 0 Å². The second kappa shape index (κ2) is 5.95. The first-order valence-electron chi connectivity index (χ1n) is 8.05. The Hall–Kier alpha value is -3.67. The SMILES string of the molecule is COc1ccc(-c2ccc3c(c2O)C(=O)c2ccc(F)c(O)c2C3=O)cc1. The van der Waals surface area contributed by atoms with Gasteiger partial charge in [0.05, 0.1) is 18.2 Å². The maximum absolute atomic E-state index is 13.6. The molecule has 2 N–H and O–H groups in total. The zero-order valence-electron chi connectivity index (χ0n) is 14.1. The fourth-order valence-electron chi connectivity index (χ4n) is 3.27. The average Bonchev–Trinajstić information content (AvgIpc) is 2.68. The van der Waals surface area contributed by atoms with Crippen molar-refractivity contribution in [2.45, 2.75) is 0 Å². The number of carbonyl (C=O) groups is 2. The number of ether oxygens (including phenoxy) is 1. The van der Waals surface area contributed by atoms with Crippen molar-refractivity contribution < 1.29 is 28.9 Å². The van der Waals surface area contributed by atoms with Crippen molar-refractivity contribution >= 4 is 11.6 Å². The highest BCUT2D eigenvalue weighted by Crippen LogP contribution is 2.41. The summed E-state index contributed by atoms with van der Waals surface area (Å²) in [4.78, 5) is 25.6. The summed E-state index contributed by atoms with van der Waals surface area (Å²) in [6.07, 6.45) is 0. The Labute approximate surface area is 153 Å². The van der Waals surface area contributed by atoms with Crippen molar-refractivity contribution in [3.63, 3.8) is 0 Å².